The Balaban J connectivity index is 1.40. The molecule has 5 nitrogen and oxygen atoms in total. The van der Waals surface area contributed by atoms with Gasteiger partial charge in [-0.05, 0) is 96.3 Å². The average Bonchev–Trinajstić information content (AvgIpc) is 3.72. The summed E-state index contributed by atoms with van der Waals surface area (Å²) in [4.78, 5) is 0. The number of nitrogens with zero attached hydrogens (tertiary/aromatic N) is 2. The molecular formula is C37H23BN2O3. The number of aromatic nitrogens is 2. The van der Waals surface area contributed by atoms with Crippen LogP contribution in [0, 0.1) is 20.8 Å². The van der Waals surface area contributed by atoms with E-state index in [9.17, 15) is 0 Å². The summed E-state index contributed by atoms with van der Waals surface area (Å²) in [5, 5.41) is 4.47. The van der Waals surface area contributed by atoms with Crippen LogP contribution in [0.5, 0.6) is 11.5 Å². The molecule has 6 heteroatoms. The molecule has 0 N–H and O–H groups in total. The normalized spacial score (nSPS) is 13.6. The van der Waals surface area contributed by atoms with Crippen LogP contribution in [0.2, 0.25) is 0 Å². The van der Waals surface area contributed by atoms with Gasteiger partial charge >= 0.3 is 0 Å². The SMILES string of the molecule is Cc1cc2c3c(c1)-n1c4c(C)cc(C)cc4n4c5oc6ccccc6c5c(c14)B3c1cc3oc4ccccc4c3cc1O2. The Morgan fingerprint density at radius 1 is 0.651 bits per heavy atom. The molecule has 2 aliphatic rings. The van der Waals surface area contributed by atoms with Crippen molar-refractivity contribution in [3.05, 3.63) is 102 Å². The number of imidazole rings is 1. The Morgan fingerprint density at radius 2 is 1.42 bits per heavy atom. The van der Waals surface area contributed by atoms with Gasteiger partial charge in [-0.2, -0.15) is 0 Å². The number of aryl methyl sites for hydroxylation is 3. The molecule has 2 aliphatic heterocycles. The quantitative estimate of drug-likeness (QED) is 0.182. The minimum Gasteiger partial charge on any atom is -0.458 e. The fourth-order valence-electron chi connectivity index (χ4n) is 8.20. The lowest BCUT2D eigenvalue weighted by molar-refractivity contribution is 0.487. The zero-order valence-corrected chi connectivity index (χ0v) is 23.8. The summed E-state index contributed by atoms with van der Waals surface area (Å²) >= 11 is 0. The molecule has 0 saturated heterocycles. The Morgan fingerprint density at radius 3 is 2.28 bits per heavy atom. The molecule has 0 aliphatic carbocycles. The molecule has 0 unspecified atom stereocenters. The van der Waals surface area contributed by atoms with Gasteiger partial charge in [0.2, 0.25) is 5.71 Å². The molecule has 0 atom stereocenters. The van der Waals surface area contributed by atoms with Crippen molar-refractivity contribution in [3.8, 4) is 17.2 Å². The molecule has 0 amide bonds. The van der Waals surface area contributed by atoms with Crippen LogP contribution in [-0.2, 0) is 0 Å². The number of hydrogen-bond donors (Lipinski definition) is 0. The highest BCUT2D eigenvalue weighted by Gasteiger charge is 2.44. The van der Waals surface area contributed by atoms with Crippen molar-refractivity contribution in [3.63, 3.8) is 0 Å². The topological polar surface area (TPSA) is 44.9 Å². The first-order chi connectivity index (χ1) is 21.0. The molecule has 202 valence electrons. The Hall–Kier alpha value is -5.36. The summed E-state index contributed by atoms with van der Waals surface area (Å²) in [5.74, 6) is 1.79. The van der Waals surface area contributed by atoms with Gasteiger partial charge in [0.25, 0.3) is 6.71 Å². The summed E-state index contributed by atoms with van der Waals surface area (Å²) in [5.41, 5.74) is 15.5. The van der Waals surface area contributed by atoms with E-state index >= 15 is 0 Å². The fraction of sp³-hybridized carbons (Fsp3) is 0.0811. The highest BCUT2D eigenvalue weighted by atomic mass is 16.5. The van der Waals surface area contributed by atoms with Crippen molar-refractivity contribution in [2.75, 3.05) is 0 Å². The van der Waals surface area contributed by atoms with Crippen LogP contribution in [0.1, 0.15) is 16.7 Å². The van der Waals surface area contributed by atoms with Crippen molar-refractivity contribution in [1.82, 2.24) is 8.97 Å². The predicted octanol–water partition coefficient (Wildman–Crippen LogP) is 7.54. The summed E-state index contributed by atoms with van der Waals surface area (Å²) in [6.07, 6.45) is 0. The van der Waals surface area contributed by atoms with Crippen LogP contribution in [0.4, 0.5) is 0 Å². The van der Waals surface area contributed by atoms with Crippen molar-refractivity contribution in [2.45, 2.75) is 20.8 Å². The molecule has 0 fully saturated rings. The largest absolute Gasteiger partial charge is 0.458 e. The molecule has 11 rings (SSSR count). The van der Waals surface area contributed by atoms with Gasteiger partial charge < -0.3 is 13.6 Å². The number of rotatable bonds is 0. The van der Waals surface area contributed by atoms with E-state index in [4.69, 9.17) is 13.6 Å². The first kappa shape index (κ1) is 22.3. The second-order valence-corrected chi connectivity index (χ2v) is 12.4. The number of ether oxygens (including phenoxy) is 1. The van der Waals surface area contributed by atoms with Gasteiger partial charge in [-0.1, -0.05) is 42.5 Å². The number of para-hydroxylation sites is 2. The van der Waals surface area contributed by atoms with E-state index in [-0.39, 0.29) is 6.71 Å². The minimum absolute atomic E-state index is 0.0568. The van der Waals surface area contributed by atoms with Crippen molar-refractivity contribution < 1.29 is 13.6 Å². The van der Waals surface area contributed by atoms with Crippen LogP contribution >= 0.6 is 0 Å². The average molecular weight is 554 g/mol. The van der Waals surface area contributed by atoms with E-state index in [0.717, 1.165) is 66.7 Å². The van der Waals surface area contributed by atoms with Crippen molar-refractivity contribution in [1.29, 1.82) is 0 Å². The molecule has 4 aromatic heterocycles. The molecule has 0 radical (unpaired) electrons. The zero-order chi connectivity index (χ0) is 28.3. The lowest BCUT2D eigenvalue weighted by Crippen LogP contribution is -2.58. The minimum atomic E-state index is -0.0568. The third-order valence-corrected chi connectivity index (χ3v) is 9.73. The first-order valence-corrected chi connectivity index (χ1v) is 14.8. The number of benzene rings is 5. The van der Waals surface area contributed by atoms with Crippen LogP contribution in [0.25, 0.3) is 66.4 Å². The number of fused-ring (bicyclic) bond motifs is 15. The second kappa shape index (κ2) is 7.16. The Labute approximate surface area is 245 Å². The summed E-state index contributed by atoms with van der Waals surface area (Å²) in [7, 11) is 0. The van der Waals surface area contributed by atoms with Crippen LogP contribution in [0.15, 0.2) is 93.8 Å². The second-order valence-electron chi connectivity index (χ2n) is 12.4. The third kappa shape index (κ3) is 2.50. The van der Waals surface area contributed by atoms with Gasteiger partial charge in [0.15, 0.2) is 0 Å². The standard InChI is InChI=1S/C37H23BN2O3/c1-18-12-20(3)35-26(14-18)40-36-34(32-22-9-5-7-11-28(22)43-37(32)40)38-24-17-29-23(21-8-4-6-10-27(21)41-29)16-30(24)42-31-15-19(2)13-25(33(31)38)39(35)36/h4-17H,1-3H3. The van der Waals surface area contributed by atoms with E-state index in [2.05, 4.69) is 96.5 Å². The highest BCUT2D eigenvalue weighted by molar-refractivity contribution is 7.00. The van der Waals surface area contributed by atoms with Gasteiger partial charge in [-0.3, -0.25) is 8.97 Å². The van der Waals surface area contributed by atoms with E-state index in [0.29, 0.717) is 0 Å². The maximum atomic E-state index is 6.85. The summed E-state index contributed by atoms with van der Waals surface area (Å²) in [6, 6.07) is 30.1. The monoisotopic (exact) mass is 554 g/mol. The molecular weight excluding hydrogens is 531 g/mol. The lowest BCUT2D eigenvalue weighted by atomic mass is 9.34. The maximum absolute atomic E-state index is 6.85. The van der Waals surface area contributed by atoms with Crippen LogP contribution in [-0.4, -0.2) is 15.7 Å². The highest BCUT2D eigenvalue weighted by Crippen LogP contribution is 2.42. The first-order valence-electron chi connectivity index (χ1n) is 14.8. The number of furan rings is 2. The van der Waals surface area contributed by atoms with Gasteiger partial charge in [0.1, 0.15) is 33.9 Å². The maximum Gasteiger partial charge on any atom is 0.259 e. The number of hydrogen-bond acceptors (Lipinski definition) is 3. The van der Waals surface area contributed by atoms with E-state index in [1.165, 1.54) is 44.2 Å². The van der Waals surface area contributed by atoms with E-state index in [1.807, 2.05) is 18.2 Å². The summed E-state index contributed by atoms with van der Waals surface area (Å²) in [6.45, 7) is 6.49. The third-order valence-electron chi connectivity index (χ3n) is 9.73. The van der Waals surface area contributed by atoms with Crippen LogP contribution in [0.3, 0.4) is 0 Å². The molecule has 6 heterocycles. The smallest absolute Gasteiger partial charge is 0.259 e. The van der Waals surface area contributed by atoms with Crippen molar-refractivity contribution in [2.24, 2.45) is 0 Å². The van der Waals surface area contributed by atoms with Gasteiger partial charge in [0, 0.05) is 27.2 Å². The molecule has 0 bridgehead atoms. The lowest BCUT2D eigenvalue weighted by Gasteiger charge is -2.32. The van der Waals surface area contributed by atoms with E-state index < -0.39 is 0 Å². The van der Waals surface area contributed by atoms with Crippen molar-refractivity contribution >= 4 is 83.8 Å². The van der Waals surface area contributed by atoms with Gasteiger partial charge in [0.05, 0.1) is 11.0 Å². The molecule has 0 saturated carbocycles. The molecule has 43 heavy (non-hydrogen) atoms. The van der Waals surface area contributed by atoms with E-state index in [1.54, 1.807) is 0 Å². The molecule has 0 spiro atoms. The molecule has 9 aromatic rings. The predicted molar refractivity (Wildman–Crippen MR) is 174 cm³/mol. The molecule has 5 aromatic carbocycles. The Kier molecular flexibility index (Phi) is 3.71. The Bertz CT molecular complexity index is 2750. The zero-order valence-electron chi connectivity index (χ0n) is 23.8. The van der Waals surface area contributed by atoms with Gasteiger partial charge in [-0.15, -0.1) is 0 Å². The fourth-order valence-corrected chi connectivity index (χ4v) is 8.20. The van der Waals surface area contributed by atoms with Gasteiger partial charge in [-0.25, -0.2) is 0 Å². The van der Waals surface area contributed by atoms with Crippen LogP contribution < -0.4 is 21.1 Å². The summed E-state index contributed by atoms with van der Waals surface area (Å²) < 4.78 is 24.8.